The van der Waals surface area contributed by atoms with Crippen molar-refractivity contribution in [2.24, 2.45) is 5.92 Å². The molecule has 0 aliphatic rings. The summed E-state index contributed by atoms with van der Waals surface area (Å²) in [7, 11) is 0. The van der Waals surface area contributed by atoms with Crippen molar-refractivity contribution >= 4 is 17.8 Å². The van der Waals surface area contributed by atoms with Crippen molar-refractivity contribution in [1.29, 1.82) is 0 Å². The highest BCUT2D eigenvalue weighted by atomic mass is 16.4. The van der Waals surface area contributed by atoms with Gasteiger partial charge < -0.3 is 26.0 Å². The second kappa shape index (κ2) is 11.0. The summed E-state index contributed by atoms with van der Waals surface area (Å²) in [4.78, 5) is 34.5. The number of carbonyl (C=O) groups excluding carboxylic acids is 2. The van der Waals surface area contributed by atoms with Gasteiger partial charge in [0.05, 0.1) is 0 Å². The van der Waals surface area contributed by atoms with Gasteiger partial charge in [0.1, 0.15) is 6.04 Å². The highest BCUT2D eigenvalue weighted by molar-refractivity contribution is 5.92. The van der Waals surface area contributed by atoms with Crippen LogP contribution >= 0.6 is 0 Å². The van der Waals surface area contributed by atoms with Gasteiger partial charge in [-0.2, -0.15) is 0 Å². The van der Waals surface area contributed by atoms with Crippen molar-refractivity contribution in [2.75, 3.05) is 6.54 Å². The molecule has 0 bridgehead atoms. The Bertz CT molecular complexity index is 399. The summed E-state index contributed by atoms with van der Waals surface area (Å²) in [6.07, 6.45) is -1.70. The number of nitrogens with one attached hydrogen (secondary N) is 2. The fraction of sp³-hybridized carbons (Fsp3) is 0.800. The van der Waals surface area contributed by atoms with Crippen LogP contribution in [-0.2, 0) is 14.4 Å². The molecule has 0 rings (SSSR count). The number of unbranched alkanes of at least 4 members (excludes halogenated alkanes) is 1. The average Bonchev–Trinajstić information content (AvgIpc) is 2.48. The van der Waals surface area contributed by atoms with Crippen molar-refractivity contribution in [3.8, 4) is 0 Å². The zero-order chi connectivity index (χ0) is 18.0. The van der Waals surface area contributed by atoms with E-state index in [0.717, 1.165) is 12.8 Å². The molecule has 0 heterocycles. The van der Waals surface area contributed by atoms with Gasteiger partial charge in [0.15, 0.2) is 12.2 Å². The maximum atomic E-state index is 12.1. The van der Waals surface area contributed by atoms with Crippen molar-refractivity contribution in [3.63, 3.8) is 0 Å². The predicted octanol–water partition coefficient (Wildman–Crippen LogP) is -0.370. The summed E-state index contributed by atoms with van der Waals surface area (Å²) in [6, 6.07) is -0.870. The predicted molar refractivity (Wildman–Crippen MR) is 83.6 cm³/mol. The molecule has 5 N–H and O–H groups in total. The van der Waals surface area contributed by atoms with E-state index in [4.69, 9.17) is 5.11 Å². The van der Waals surface area contributed by atoms with Crippen LogP contribution in [-0.4, -0.2) is 57.9 Å². The van der Waals surface area contributed by atoms with Crippen molar-refractivity contribution in [1.82, 2.24) is 10.6 Å². The van der Waals surface area contributed by atoms with E-state index < -0.39 is 30.1 Å². The average molecular weight is 332 g/mol. The van der Waals surface area contributed by atoms with Gasteiger partial charge in [0, 0.05) is 6.54 Å². The smallest absolute Gasteiger partial charge is 0.335 e. The number of aliphatic carboxylic acids is 1. The summed E-state index contributed by atoms with van der Waals surface area (Å²) in [5.74, 6) is -2.75. The fourth-order valence-electron chi connectivity index (χ4n) is 1.82. The van der Waals surface area contributed by atoms with Gasteiger partial charge in [-0.15, -0.1) is 0 Å². The first-order chi connectivity index (χ1) is 10.7. The topological polar surface area (TPSA) is 136 Å². The lowest BCUT2D eigenvalue weighted by Gasteiger charge is -2.21. The van der Waals surface area contributed by atoms with Crippen LogP contribution in [0.15, 0.2) is 0 Å². The lowest BCUT2D eigenvalue weighted by Crippen LogP contribution is -2.53. The number of hydrogen-bond acceptors (Lipinski definition) is 5. The Hall–Kier alpha value is -1.67. The molecule has 0 aliphatic heterocycles. The third kappa shape index (κ3) is 8.51. The summed E-state index contributed by atoms with van der Waals surface area (Å²) in [6.45, 7) is 6.44. The van der Waals surface area contributed by atoms with Gasteiger partial charge in [0.25, 0.3) is 5.91 Å². The Labute approximate surface area is 136 Å². The summed E-state index contributed by atoms with van der Waals surface area (Å²) in [5.41, 5.74) is 0. The number of carbonyl (C=O) groups is 3. The Kier molecular flexibility index (Phi) is 10.2. The molecular formula is C15H28N2O6. The molecule has 8 nitrogen and oxygen atoms in total. The molecule has 0 fully saturated rings. The van der Waals surface area contributed by atoms with Crippen molar-refractivity contribution in [2.45, 2.75) is 64.7 Å². The quantitative estimate of drug-likeness (QED) is 0.350. The molecule has 23 heavy (non-hydrogen) atoms. The number of carboxylic acid groups (broad SMARTS) is 1. The lowest BCUT2D eigenvalue weighted by atomic mass is 10.1. The van der Waals surface area contributed by atoms with Crippen LogP contribution in [0.5, 0.6) is 0 Å². The second-order valence-electron chi connectivity index (χ2n) is 5.90. The number of rotatable bonds is 11. The van der Waals surface area contributed by atoms with E-state index in [1.165, 1.54) is 0 Å². The summed E-state index contributed by atoms with van der Waals surface area (Å²) < 4.78 is 0. The molecule has 0 spiro atoms. The van der Waals surface area contributed by atoms with Crippen LogP contribution in [0.25, 0.3) is 0 Å². The molecule has 0 radical (unpaired) electrons. The lowest BCUT2D eigenvalue weighted by molar-refractivity contribution is -0.158. The van der Waals surface area contributed by atoms with Gasteiger partial charge in [-0.3, -0.25) is 9.59 Å². The van der Waals surface area contributed by atoms with Crippen LogP contribution < -0.4 is 10.6 Å². The van der Waals surface area contributed by atoms with Crippen molar-refractivity contribution in [3.05, 3.63) is 0 Å². The number of amides is 2. The number of hydrogen-bond donors (Lipinski definition) is 5. The van der Waals surface area contributed by atoms with E-state index in [1.54, 1.807) is 0 Å². The molecule has 0 aromatic rings. The zero-order valence-corrected chi connectivity index (χ0v) is 13.9. The number of aliphatic hydroxyl groups is 2. The minimum Gasteiger partial charge on any atom is -0.479 e. The van der Waals surface area contributed by atoms with E-state index in [9.17, 15) is 24.6 Å². The van der Waals surface area contributed by atoms with Gasteiger partial charge in [-0.25, -0.2) is 4.79 Å². The van der Waals surface area contributed by atoms with Gasteiger partial charge in [-0.05, 0) is 18.8 Å². The fourth-order valence-corrected chi connectivity index (χ4v) is 1.82. The van der Waals surface area contributed by atoms with E-state index in [0.29, 0.717) is 25.3 Å². The molecule has 3 atom stereocenters. The Balaban J connectivity index is 4.67. The highest BCUT2D eigenvalue weighted by Gasteiger charge is 2.32. The minimum atomic E-state index is -2.23. The second-order valence-corrected chi connectivity index (χ2v) is 5.90. The molecule has 0 saturated heterocycles. The maximum Gasteiger partial charge on any atom is 0.335 e. The monoisotopic (exact) mass is 332 g/mol. The van der Waals surface area contributed by atoms with E-state index in [1.807, 2.05) is 20.8 Å². The SMILES string of the molecule is CCCCC(NC(=O)[C@@H](O)[C@H](O)C(=O)O)C(=O)NCCC(C)C. The molecule has 0 aliphatic carbocycles. The van der Waals surface area contributed by atoms with E-state index >= 15 is 0 Å². The van der Waals surface area contributed by atoms with Crippen LogP contribution in [0, 0.1) is 5.92 Å². The van der Waals surface area contributed by atoms with Crippen LogP contribution in [0.2, 0.25) is 0 Å². The molecule has 8 heteroatoms. The molecule has 0 saturated carbocycles. The first-order valence-electron chi connectivity index (χ1n) is 7.87. The Morgan fingerprint density at radius 3 is 2.09 bits per heavy atom. The summed E-state index contributed by atoms with van der Waals surface area (Å²) >= 11 is 0. The van der Waals surface area contributed by atoms with Gasteiger partial charge in [-0.1, -0.05) is 33.6 Å². The van der Waals surface area contributed by atoms with E-state index in [2.05, 4.69) is 10.6 Å². The summed E-state index contributed by atoms with van der Waals surface area (Å²) in [5, 5.41) is 32.3. The molecule has 0 aromatic heterocycles. The minimum absolute atomic E-state index is 0.367. The normalized spacial score (nSPS) is 14.9. The van der Waals surface area contributed by atoms with Crippen molar-refractivity contribution < 1.29 is 29.7 Å². The Morgan fingerprint density at radius 2 is 1.61 bits per heavy atom. The van der Waals surface area contributed by atoms with Crippen LogP contribution in [0.4, 0.5) is 0 Å². The highest BCUT2D eigenvalue weighted by Crippen LogP contribution is 2.04. The van der Waals surface area contributed by atoms with Crippen LogP contribution in [0.1, 0.15) is 46.5 Å². The number of aliphatic hydroxyl groups excluding tert-OH is 2. The first kappa shape index (κ1) is 21.3. The largest absolute Gasteiger partial charge is 0.479 e. The first-order valence-corrected chi connectivity index (χ1v) is 7.87. The molecular weight excluding hydrogens is 304 g/mol. The molecule has 134 valence electrons. The standard InChI is InChI=1S/C15H28N2O6/c1-4-5-6-10(13(20)16-8-7-9(2)3)17-14(21)11(18)12(19)15(22)23/h9-12,18-19H,4-8H2,1-3H3,(H,16,20)(H,17,21)(H,22,23)/t10?,11-,12-/m0/s1. The van der Waals surface area contributed by atoms with Crippen LogP contribution in [0.3, 0.4) is 0 Å². The van der Waals surface area contributed by atoms with Gasteiger partial charge in [0.2, 0.25) is 5.91 Å². The van der Waals surface area contributed by atoms with E-state index in [-0.39, 0.29) is 5.91 Å². The molecule has 1 unspecified atom stereocenters. The molecule has 0 aromatic carbocycles. The maximum absolute atomic E-state index is 12.1. The molecule has 2 amide bonds. The number of carboxylic acids is 1. The third-order valence-electron chi connectivity index (χ3n) is 3.32. The third-order valence-corrected chi connectivity index (χ3v) is 3.32. The zero-order valence-electron chi connectivity index (χ0n) is 13.9. The Morgan fingerprint density at radius 1 is 1.00 bits per heavy atom. The van der Waals surface area contributed by atoms with Gasteiger partial charge >= 0.3 is 5.97 Å².